The fourth-order valence-electron chi connectivity index (χ4n) is 0.706. The van der Waals surface area contributed by atoms with Crippen LogP contribution in [0.2, 0.25) is 0 Å². The summed E-state index contributed by atoms with van der Waals surface area (Å²) in [7, 11) is 0. The Morgan fingerprint density at radius 3 is 3.00 bits per heavy atom. The van der Waals surface area contributed by atoms with E-state index in [1.807, 2.05) is 0 Å². The first-order chi connectivity index (χ1) is 7.04. The van der Waals surface area contributed by atoms with Crippen molar-refractivity contribution in [1.82, 2.24) is 4.98 Å². The number of hydrogen-bond acceptors (Lipinski definition) is 5. The molecule has 82 valence electrons. The lowest BCUT2D eigenvalue weighted by molar-refractivity contribution is -0.380. The van der Waals surface area contributed by atoms with Crippen molar-refractivity contribution >= 4 is 39.0 Å². The van der Waals surface area contributed by atoms with E-state index in [1.54, 1.807) is 6.92 Å². The maximum atomic E-state index is 11.3. The number of amides is 1. The molecule has 1 rings (SSSR count). The zero-order valence-corrected chi connectivity index (χ0v) is 9.34. The molecule has 8 heteroatoms. The van der Waals surface area contributed by atoms with Gasteiger partial charge in [-0.05, 0) is 11.3 Å². The Morgan fingerprint density at radius 1 is 1.87 bits per heavy atom. The van der Waals surface area contributed by atoms with Gasteiger partial charge in [0.2, 0.25) is 5.91 Å². The molecule has 0 spiro atoms. The Hall–Kier alpha value is -1.21. The minimum absolute atomic E-state index is 0.108. The van der Waals surface area contributed by atoms with Crippen LogP contribution in [0.4, 0.5) is 10.1 Å². The maximum Gasteiger partial charge on any atom is 0.345 e. The monoisotopic (exact) mass is 249 g/mol. The number of nitro groups is 1. The highest BCUT2D eigenvalue weighted by Crippen LogP contribution is 2.25. The Kier molecular flexibility index (Phi) is 3.98. The van der Waals surface area contributed by atoms with Gasteiger partial charge in [0.15, 0.2) is 5.13 Å². The molecular formula is C7H8ClN3O3S. The van der Waals surface area contributed by atoms with Gasteiger partial charge < -0.3 is 5.32 Å². The molecule has 0 aromatic carbocycles. The molecule has 0 bridgehead atoms. The third kappa shape index (κ3) is 3.14. The van der Waals surface area contributed by atoms with Crippen LogP contribution in [0.3, 0.4) is 0 Å². The number of nitrogens with one attached hydrogen (secondary N) is 1. The summed E-state index contributed by atoms with van der Waals surface area (Å²) in [5.41, 5.74) is 0. The summed E-state index contributed by atoms with van der Waals surface area (Å²) in [4.78, 5) is 24.8. The number of alkyl halides is 1. The Balaban J connectivity index is 2.65. The van der Waals surface area contributed by atoms with Gasteiger partial charge in [0.05, 0.1) is 4.92 Å². The number of carbonyl (C=O) groups is 1. The summed E-state index contributed by atoms with van der Waals surface area (Å²) in [5, 5.41) is 12.9. The van der Waals surface area contributed by atoms with Crippen LogP contribution in [0.15, 0.2) is 6.20 Å². The van der Waals surface area contributed by atoms with E-state index >= 15 is 0 Å². The summed E-state index contributed by atoms with van der Waals surface area (Å²) >= 11 is 6.29. The van der Waals surface area contributed by atoms with E-state index in [2.05, 4.69) is 10.3 Å². The Bertz CT molecular complexity index is 381. The molecule has 1 amide bonds. The average Bonchev–Trinajstić information content (AvgIpc) is 2.65. The van der Waals surface area contributed by atoms with E-state index in [-0.39, 0.29) is 27.8 Å². The Morgan fingerprint density at radius 2 is 2.53 bits per heavy atom. The van der Waals surface area contributed by atoms with Gasteiger partial charge in [-0.25, -0.2) is 4.98 Å². The van der Waals surface area contributed by atoms with E-state index in [0.717, 1.165) is 17.5 Å². The van der Waals surface area contributed by atoms with Crippen molar-refractivity contribution < 1.29 is 9.72 Å². The van der Waals surface area contributed by atoms with Gasteiger partial charge in [-0.1, -0.05) is 6.92 Å². The highest BCUT2D eigenvalue weighted by molar-refractivity contribution is 7.18. The molecule has 0 aliphatic carbocycles. The number of thiazole rings is 1. The van der Waals surface area contributed by atoms with Crippen molar-refractivity contribution in [2.24, 2.45) is 5.92 Å². The van der Waals surface area contributed by atoms with Gasteiger partial charge in [0.25, 0.3) is 0 Å². The molecule has 1 heterocycles. The molecule has 0 aliphatic heterocycles. The van der Waals surface area contributed by atoms with Crippen LogP contribution in [0.25, 0.3) is 0 Å². The first-order valence-corrected chi connectivity index (χ1v) is 5.36. The number of halogens is 1. The zero-order chi connectivity index (χ0) is 11.4. The summed E-state index contributed by atoms with van der Waals surface area (Å²) in [6, 6.07) is 0. The summed E-state index contributed by atoms with van der Waals surface area (Å²) < 4.78 is 0. The fraction of sp³-hybridized carbons (Fsp3) is 0.429. The van der Waals surface area contributed by atoms with Crippen molar-refractivity contribution in [2.45, 2.75) is 6.92 Å². The van der Waals surface area contributed by atoms with E-state index in [0.29, 0.717) is 0 Å². The molecule has 1 aromatic rings. The largest absolute Gasteiger partial charge is 0.345 e. The van der Waals surface area contributed by atoms with Gasteiger partial charge >= 0.3 is 5.00 Å². The SMILES string of the molecule is CC(CCl)C(=O)Nc1ncc([N+](=O)[O-])s1. The molecule has 1 aromatic heterocycles. The van der Waals surface area contributed by atoms with Crippen molar-refractivity contribution in [2.75, 3.05) is 11.2 Å². The molecule has 1 unspecified atom stereocenters. The average molecular weight is 250 g/mol. The van der Waals surface area contributed by atoms with E-state index in [9.17, 15) is 14.9 Å². The van der Waals surface area contributed by atoms with Gasteiger partial charge in [0.1, 0.15) is 6.20 Å². The molecule has 0 fully saturated rings. The number of carbonyl (C=O) groups excluding carboxylic acids is 1. The van der Waals surface area contributed by atoms with Crippen molar-refractivity contribution in [3.8, 4) is 0 Å². The number of rotatable bonds is 4. The summed E-state index contributed by atoms with van der Waals surface area (Å²) in [6.45, 7) is 1.66. The second kappa shape index (κ2) is 5.04. The van der Waals surface area contributed by atoms with Crippen LogP contribution < -0.4 is 5.32 Å². The predicted molar refractivity (Wildman–Crippen MR) is 57.3 cm³/mol. The lowest BCUT2D eigenvalue weighted by Gasteiger charge is -2.05. The van der Waals surface area contributed by atoms with Crippen molar-refractivity contribution in [3.63, 3.8) is 0 Å². The van der Waals surface area contributed by atoms with Crippen LogP contribution >= 0.6 is 22.9 Å². The van der Waals surface area contributed by atoms with E-state index in [4.69, 9.17) is 11.6 Å². The molecule has 0 radical (unpaired) electrons. The first kappa shape index (κ1) is 11.9. The zero-order valence-electron chi connectivity index (χ0n) is 7.77. The topological polar surface area (TPSA) is 85.1 Å². The molecule has 1 N–H and O–H groups in total. The second-order valence-corrected chi connectivity index (χ2v) is 4.12. The van der Waals surface area contributed by atoms with Gasteiger partial charge in [-0.15, -0.1) is 11.6 Å². The molecule has 6 nitrogen and oxygen atoms in total. The number of nitrogens with zero attached hydrogens (tertiary/aromatic N) is 2. The third-order valence-corrected chi connectivity index (χ3v) is 2.91. The molecule has 0 saturated heterocycles. The van der Waals surface area contributed by atoms with Crippen molar-refractivity contribution in [1.29, 1.82) is 0 Å². The fourth-order valence-corrected chi connectivity index (χ4v) is 1.48. The Labute approximate surface area is 94.4 Å². The molecule has 0 aliphatic rings. The quantitative estimate of drug-likeness (QED) is 0.501. The van der Waals surface area contributed by atoms with Gasteiger partial charge in [0, 0.05) is 11.8 Å². The standard InChI is InChI=1S/C7H8ClN3O3S/c1-4(2-8)6(12)10-7-9-3-5(15-7)11(13)14/h3-4H,2H2,1H3,(H,9,10,12). The highest BCUT2D eigenvalue weighted by Gasteiger charge is 2.16. The lowest BCUT2D eigenvalue weighted by atomic mass is 10.2. The van der Waals surface area contributed by atoms with E-state index in [1.165, 1.54) is 0 Å². The number of aromatic nitrogens is 1. The molecular weight excluding hydrogens is 242 g/mol. The lowest BCUT2D eigenvalue weighted by Crippen LogP contribution is -2.21. The van der Waals surface area contributed by atoms with Crippen molar-refractivity contribution in [3.05, 3.63) is 16.3 Å². The van der Waals surface area contributed by atoms with Crippen LogP contribution in [-0.4, -0.2) is 21.7 Å². The molecule has 15 heavy (non-hydrogen) atoms. The van der Waals surface area contributed by atoms with E-state index < -0.39 is 4.92 Å². The second-order valence-electron chi connectivity index (χ2n) is 2.81. The maximum absolute atomic E-state index is 11.3. The van der Waals surface area contributed by atoms with Gasteiger partial charge in [-0.3, -0.25) is 14.9 Å². The predicted octanol–water partition coefficient (Wildman–Crippen LogP) is 1.86. The van der Waals surface area contributed by atoms with Crippen LogP contribution in [0.5, 0.6) is 0 Å². The van der Waals surface area contributed by atoms with Crippen LogP contribution in [-0.2, 0) is 4.79 Å². The van der Waals surface area contributed by atoms with Crippen LogP contribution in [0, 0.1) is 16.0 Å². The normalized spacial score (nSPS) is 12.1. The minimum atomic E-state index is -0.557. The summed E-state index contributed by atoms with van der Waals surface area (Å²) in [5.74, 6) is -0.455. The summed E-state index contributed by atoms with van der Waals surface area (Å²) in [6.07, 6.45) is 1.10. The number of anilines is 1. The minimum Gasteiger partial charge on any atom is -0.302 e. The first-order valence-electron chi connectivity index (χ1n) is 4.01. The number of hydrogen-bond donors (Lipinski definition) is 1. The van der Waals surface area contributed by atoms with Crippen LogP contribution in [0.1, 0.15) is 6.92 Å². The highest BCUT2D eigenvalue weighted by atomic mass is 35.5. The molecule has 1 atom stereocenters. The smallest absolute Gasteiger partial charge is 0.302 e. The third-order valence-electron chi connectivity index (χ3n) is 1.58. The molecule has 0 saturated carbocycles. The van der Waals surface area contributed by atoms with Gasteiger partial charge in [-0.2, -0.15) is 0 Å².